The number of ether oxygens (including phenoxy) is 1. The van der Waals surface area contributed by atoms with Crippen molar-refractivity contribution in [2.45, 2.75) is 58.2 Å². The highest BCUT2D eigenvalue weighted by Crippen LogP contribution is 2.08. The Morgan fingerprint density at radius 1 is 1.18 bits per heavy atom. The monoisotopic (exact) mass is 317 g/mol. The number of carbonyl (C=O) groups excluding carboxylic acids is 3. The van der Waals surface area contributed by atoms with Gasteiger partial charge in [0, 0.05) is 6.42 Å². The minimum Gasteiger partial charge on any atom is -0.480 e. The van der Waals surface area contributed by atoms with Gasteiger partial charge in [0.05, 0.1) is 0 Å². The molecule has 3 amide bonds. The number of hydrogen-bond acceptors (Lipinski definition) is 5. The molecule has 0 saturated heterocycles. The Kier molecular flexibility index (Phi) is 7.34. The predicted octanol–water partition coefficient (Wildman–Crippen LogP) is -0.265. The number of aliphatic carboxylic acids is 1. The molecule has 2 atom stereocenters. The van der Waals surface area contributed by atoms with Crippen LogP contribution in [0, 0.1) is 0 Å². The van der Waals surface area contributed by atoms with Gasteiger partial charge in [-0.1, -0.05) is 0 Å². The van der Waals surface area contributed by atoms with E-state index in [1.807, 2.05) is 0 Å². The van der Waals surface area contributed by atoms with Gasteiger partial charge in [0.2, 0.25) is 11.8 Å². The van der Waals surface area contributed by atoms with Crippen LogP contribution in [-0.4, -0.2) is 46.7 Å². The molecule has 0 saturated carbocycles. The smallest absolute Gasteiger partial charge is 0.408 e. The molecule has 0 aromatic carbocycles. The number of hydrogen-bond donors (Lipinski definition) is 4. The number of carboxylic acid groups (broad SMARTS) is 1. The maximum atomic E-state index is 12.0. The van der Waals surface area contributed by atoms with Gasteiger partial charge in [0.25, 0.3) is 0 Å². The summed E-state index contributed by atoms with van der Waals surface area (Å²) >= 11 is 0. The van der Waals surface area contributed by atoms with Crippen molar-refractivity contribution in [3.63, 3.8) is 0 Å². The van der Waals surface area contributed by atoms with Crippen molar-refractivity contribution in [3.8, 4) is 0 Å². The van der Waals surface area contributed by atoms with E-state index in [1.54, 1.807) is 20.8 Å². The van der Waals surface area contributed by atoms with Crippen LogP contribution in [0.5, 0.6) is 0 Å². The minimum atomic E-state index is -1.22. The first kappa shape index (κ1) is 19.7. The quantitative estimate of drug-likeness (QED) is 0.508. The Balaban J connectivity index is 4.81. The third-order valence-electron chi connectivity index (χ3n) is 2.42. The van der Waals surface area contributed by atoms with E-state index in [4.69, 9.17) is 15.6 Å². The van der Waals surface area contributed by atoms with Crippen molar-refractivity contribution in [2.24, 2.45) is 5.73 Å². The fourth-order valence-corrected chi connectivity index (χ4v) is 1.38. The summed E-state index contributed by atoms with van der Waals surface area (Å²) in [7, 11) is 0. The van der Waals surface area contributed by atoms with Gasteiger partial charge in [-0.2, -0.15) is 0 Å². The molecule has 0 aliphatic heterocycles. The van der Waals surface area contributed by atoms with Crippen LogP contribution in [0.15, 0.2) is 0 Å². The fourth-order valence-electron chi connectivity index (χ4n) is 1.38. The largest absolute Gasteiger partial charge is 0.480 e. The Bertz CT molecular complexity index is 444. The van der Waals surface area contributed by atoms with Crippen molar-refractivity contribution in [2.75, 3.05) is 0 Å². The zero-order valence-electron chi connectivity index (χ0n) is 13.1. The highest BCUT2D eigenvalue weighted by Gasteiger charge is 2.26. The number of nitrogens with two attached hydrogens (primary N) is 1. The van der Waals surface area contributed by atoms with Gasteiger partial charge >= 0.3 is 12.1 Å². The lowest BCUT2D eigenvalue weighted by atomic mass is 10.1. The summed E-state index contributed by atoms with van der Waals surface area (Å²) in [6.45, 7) is 6.23. The van der Waals surface area contributed by atoms with Crippen LogP contribution in [-0.2, 0) is 19.1 Å². The summed E-state index contributed by atoms with van der Waals surface area (Å²) in [5, 5.41) is 13.3. The number of carboxylic acids is 1. The SMILES string of the molecule is C[C@H](NC(=O)[C@@H](CCC(N)=O)NC(=O)OC(C)(C)C)C(=O)O. The van der Waals surface area contributed by atoms with E-state index in [2.05, 4.69) is 10.6 Å². The zero-order valence-corrected chi connectivity index (χ0v) is 13.1. The third-order valence-corrected chi connectivity index (χ3v) is 2.42. The summed E-state index contributed by atoms with van der Waals surface area (Å²) in [6, 6.07) is -2.26. The summed E-state index contributed by atoms with van der Waals surface area (Å²) in [5.41, 5.74) is 4.25. The highest BCUT2D eigenvalue weighted by atomic mass is 16.6. The molecule has 0 aliphatic carbocycles. The average molecular weight is 317 g/mol. The highest BCUT2D eigenvalue weighted by molar-refractivity contribution is 5.89. The lowest BCUT2D eigenvalue weighted by Crippen LogP contribution is -2.51. The Labute approximate surface area is 128 Å². The molecule has 9 nitrogen and oxygen atoms in total. The topological polar surface area (TPSA) is 148 Å². The maximum Gasteiger partial charge on any atom is 0.408 e. The van der Waals surface area contributed by atoms with E-state index in [-0.39, 0.29) is 12.8 Å². The molecule has 0 radical (unpaired) electrons. The number of carbonyl (C=O) groups is 4. The predicted molar refractivity (Wildman–Crippen MR) is 76.8 cm³/mol. The second kappa shape index (κ2) is 8.20. The molecule has 5 N–H and O–H groups in total. The van der Waals surface area contributed by atoms with Crippen LogP contribution in [0.4, 0.5) is 4.79 Å². The number of nitrogens with one attached hydrogen (secondary N) is 2. The molecular weight excluding hydrogens is 294 g/mol. The molecular formula is C13H23N3O6. The molecule has 0 bridgehead atoms. The van der Waals surface area contributed by atoms with E-state index in [0.29, 0.717) is 0 Å². The van der Waals surface area contributed by atoms with Gasteiger partial charge in [0.15, 0.2) is 0 Å². The number of rotatable bonds is 7. The molecule has 0 spiro atoms. The van der Waals surface area contributed by atoms with Crippen LogP contribution in [0.3, 0.4) is 0 Å². The van der Waals surface area contributed by atoms with E-state index >= 15 is 0 Å². The molecule has 0 heterocycles. The van der Waals surface area contributed by atoms with Gasteiger partial charge in [0.1, 0.15) is 17.7 Å². The average Bonchev–Trinajstić information content (AvgIpc) is 2.31. The minimum absolute atomic E-state index is 0.0627. The van der Waals surface area contributed by atoms with Crippen LogP contribution in [0.1, 0.15) is 40.5 Å². The fraction of sp³-hybridized carbons (Fsp3) is 0.692. The number of primary amides is 1. The number of amides is 3. The van der Waals surface area contributed by atoms with Gasteiger partial charge in [-0.05, 0) is 34.1 Å². The van der Waals surface area contributed by atoms with E-state index < -0.39 is 41.6 Å². The van der Waals surface area contributed by atoms with Crippen LogP contribution >= 0.6 is 0 Å². The summed E-state index contributed by atoms with van der Waals surface area (Å²) in [4.78, 5) is 45.2. The van der Waals surface area contributed by atoms with Crippen molar-refractivity contribution >= 4 is 23.9 Å². The molecule has 9 heteroatoms. The standard InChI is InChI=1S/C13H23N3O6/c1-7(11(19)20)15-10(18)8(5-6-9(14)17)16-12(21)22-13(2,3)4/h7-8H,5-6H2,1-4H3,(H2,14,17)(H,15,18)(H,16,21)(H,19,20)/t7-,8+/m0/s1. The second-order valence-corrected chi connectivity index (χ2v) is 5.77. The van der Waals surface area contributed by atoms with Gasteiger partial charge < -0.3 is 26.2 Å². The molecule has 0 unspecified atom stereocenters. The molecule has 0 aromatic heterocycles. The van der Waals surface area contributed by atoms with Crippen molar-refractivity contribution in [3.05, 3.63) is 0 Å². The van der Waals surface area contributed by atoms with Crippen LogP contribution < -0.4 is 16.4 Å². The lowest BCUT2D eigenvalue weighted by Gasteiger charge is -2.23. The van der Waals surface area contributed by atoms with Gasteiger partial charge in [-0.25, -0.2) is 4.79 Å². The molecule has 0 aromatic rings. The number of alkyl carbamates (subject to hydrolysis) is 1. The molecule has 0 fully saturated rings. The summed E-state index contributed by atoms with van der Waals surface area (Å²) in [6.07, 6.45) is -1.05. The molecule has 0 rings (SSSR count). The van der Waals surface area contributed by atoms with E-state index in [9.17, 15) is 19.2 Å². The Hall–Kier alpha value is -2.32. The molecule has 22 heavy (non-hydrogen) atoms. The van der Waals surface area contributed by atoms with Crippen molar-refractivity contribution in [1.82, 2.24) is 10.6 Å². The lowest BCUT2D eigenvalue weighted by molar-refractivity contribution is -0.141. The Morgan fingerprint density at radius 2 is 1.73 bits per heavy atom. The maximum absolute atomic E-state index is 12.0. The first-order valence-corrected chi connectivity index (χ1v) is 6.73. The zero-order chi connectivity index (χ0) is 17.5. The van der Waals surface area contributed by atoms with Gasteiger partial charge in [-0.3, -0.25) is 14.4 Å². The molecule has 126 valence electrons. The first-order chi connectivity index (χ1) is 9.92. The second-order valence-electron chi connectivity index (χ2n) is 5.77. The van der Waals surface area contributed by atoms with Crippen LogP contribution in [0.25, 0.3) is 0 Å². The van der Waals surface area contributed by atoms with Crippen molar-refractivity contribution in [1.29, 1.82) is 0 Å². The summed E-state index contributed by atoms with van der Waals surface area (Å²) < 4.78 is 5.02. The normalized spacial score (nSPS) is 13.6. The third kappa shape index (κ3) is 8.77. The van der Waals surface area contributed by atoms with Crippen LogP contribution in [0.2, 0.25) is 0 Å². The summed E-state index contributed by atoms with van der Waals surface area (Å²) in [5.74, 6) is -2.60. The first-order valence-electron chi connectivity index (χ1n) is 6.73. The van der Waals surface area contributed by atoms with E-state index in [0.717, 1.165) is 0 Å². The van der Waals surface area contributed by atoms with Crippen molar-refractivity contribution < 1.29 is 29.0 Å². The van der Waals surface area contributed by atoms with E-state index in [1.165, 1.54) is 6.92 Å². The Morgan fingerprint density at radius 3 is 2.14 bits per heavy atom. The van der Waals surface area contributed by atoms with Gasteiger partial charge in [-0.15, -0.1) is 0 Å². The molecule has 0 aliphatic rings.